The number of methoxy groups -OCH3 is 1. The molecule has 0 unspecified atom stereocenters. The second-order valence-electron chi connectivity index (χ2n) is 8.49. The van der Waals surface area contributed by atoms with Crippen molar-refractivity contribution in [2.24, 2.45) is 0 Å². The number of carbonyl (C=O) groups excluding carboxylic acids is 2. The van der Waals surface area contributed by atoms with Gasteiger partial charge in [0.1, 0.15) is 6.10 Å². The van der Waals surface area contributed by atoms with Crippen molar-refractivity contribution in [3.05, 3.63) is 48.2 Å². The van der Waals surface area contributed by atoms with E-state index in [1.54, 1.807) is 12.0 Å². The van der Waals surface area contributed by atoms with Crippen LogP contribution in [-0.4, -0.2) is 60.6 Å². The molecular formula is C25H27N5O4S. The van der Waals surface area contributed by atoms with Crippen molar-refractivity contribution in [1.82, 2.24) is 15.3 Å². The number of hydrogen-bond donors (Lipinski definition) is 2. The molecule has 2 aliphatic heterocycles. The van der Waals surface area contributed by atoms with Crippen LogP contribution in [0.15, 0.2) is 47.5 Å². The van der Waals surface area contributed by atoms with Gasteiger partial charge >= 0.3 is 6.09 Å². The van der Waals surface area contributed by atoms with Gasteiger partial charge in [0, 0.05) is 29.4 Å². The number of thioether (sulfide) groups is 1. The molecule has 2 N–H and O–H groups in total. The number of cyclic esters (lactones) is 1. The van der Waals surface area contributed by atoms with Gasteiger partial charge in [0.15, 0.2) is 0 Å². The van der Waals surface area contributed by atoms with Gasteiger partial charge in [-0.25, -0.2) is 9.78 Å². The highest BCUT2D eigenvalue weighted by Crippen LogP contribution is 2.35. The number of nitrogens with zero attached hydrogens (tertiary/aromatic N) is 3. The molecule has 2 amide bonds. The fourth-order valence-corrected chi connectivity index (χ4v) is 5.07. The molecule has 9 nitrogen and oxygen atoms in total. The normalized spacial score (nSPS) is 17.3. The predicted octanol–water partition coefficient (Wildman–Crippen LogP) is 3.62. The molecule has 0 saturated carbocycles. The average Bonchev–Trinajstić information content (AvgIpc) is 3.25. The van der Waals surface area contributed by atoms with E-state index in [-0.39, 0.29) is 18.1 Å². The van der Waals surface area contributed by atoms with Gasteiger partial charge < -0.3 is 20.1 Å². The molecule has 10 heteroatoms. The number of carbonyl (C=O) groups is 2. The zero-order chi connectivity index (χ0) is 24.2. The third kappa shape index (κ3) is 5.33. The first-order valence-electron chi connectivity index (χ1n) is 11.6. The molecular weight excluding hydrogens is 466 g/mol. The number of amides is 2. The van der Waals surface area contributed by atoms with E-state index in [1.165, 1.54) is 11.8 Å². The van der Waals surface area contributed by atoms with E-state index in [0.717, 1.165) is 58.7 Å². The highest BCUT2D eigenvalue weighted by Gasteiger charge is 2.32. The lowest BCUT2D eigenvalue weighted by Gasteiger charge is -2.20. The van der Waals surface area contributed by atoms with Crippen LogP contribution in [0.1, 0.15) is 18.4 Å². The number of hydrogen-bond acceptors (Lipinski definition) is 8. The minimum Gasteiger partial charge on any atom is -0.481 e. The zero-order valence-electron chi connectivity index (χ0n) is 19.5. The van der Waals surface area contributed by atoms with Crippen LogP contribution >= 0.6 is 11.8 Å². The summed E-state index contributed by atoms with van der Waals surface area (Å²) in [5.41, 5.74) is 4.39. The Bertz CT molecular complexity index is 1250. The molecule has 1 atom stereocenters. The van der Waals surface area contributed by atoms with Crippen molar-refractivity contribution >= 4 is 46.2 Å². The van der Waals surface area contributed by atoms with E-state index in [4.69, 9.17) is 9.47 Å². The second-order valence-corrected chi connectivity index (χ2v) is 9.50. The number of aromatic nitrogens is 2. The van der Waals surface area contributed by atoms with Crippen molar-refractivity contribution in [1.29, 1.82) is 0 Å². The molecule has 0 radical (unpaired) electrons. The number of pyridine rings is 2. The smallest absolute Gasteiger partial charge is 0.414 e. The standard InChI is InChI=1S/C25H27N5O4S/c1-33-23-8-6-19-24(29-23)16(9-11-27-19)4-2-3-10-26-13-18-14-30(25(32)34-18)17-5-7-21-20(12-17)28-22(31)15-35-21/h5-9,11-12,18,26H,2-4,10,13-15H2,1H3,(H,28,31)/t18-/m1/s1. The molecule has 0 bridgehead atoms. The highest BCUT2D eigenvalue weighted by molar-refractivity contribution is 8.00. The minimum atomic E-state index is -0.362. The number of ether oxygens (including phenoxy) is 2. The molecule has 2 aliphatic rings. The topological polar surface area (TPSA) is 106 Å². The summed E-state index contributed by atoms with van der Waals surface area (Å²) >= 11 is 1.50. The number of nitrogens with one attached hydrogen (secondary N) is 2. The molecule has 182 valence electrons. The van der Waals surface area contributed by atoms with Crippen LogP contribution in [0.4, 0.5) is 16.2 Å². The van der Waals surface area contributed by atoms with Gasteiger partial charge in [0.05, 0.1) is 36.1 Å². The van der Waals surface area contributed by atoms with Gasteiger partial charge in [0.25, 0.3) is 0 Å². The Morgan fingerprint density at radius 1 is 1.23 bits per heavy atom. The van der Waals surface area contributed by atoms with Gasteiger partial charge in [0.2, 0.25) is 11.8 Å². The Balaban J connectivity index is 1.08. The molecule has 0 spiro atoms. The molecule has 2 aromatic heterocycles. The van der Waals surface area contributed by atoms with Crippen LogP contribution in [0.25, 0.3) is 11.0 Å². The number of fused-ring (bicyclic) bond motifs is 2. The summed E-state index contributed by atoms with van der Waals surface area (Å²) in [6, 6.07) is 11.4. The molecule has 3 aromatic rings. The number of aryl methyl sites for hydroxylation is 1. The Labute approximate surface area is 207 Å². The van der Waals surface area contributed by atoms with Crippen LogP contribution in [0, 0.1) is 0 Å². The van der Waals surface area contributed by atoms with Gasteiger partial charge in [-0.05, 0) is 61.7 Å². The number of anilines is 2. The maximum atomic E-state index is 12.4. The van der Waals surface area contributed by atoms with E-state index in [1.807, 2.05) is 42.6 Å². The second kappa shape index (κ2) is 10.5. The van der Waals surface area contributed by atoms with Crippen LogP contribution in [0.3, 0.4) is 0 Å². The van der Waals surface area contributed by atoms with E-state index < -0.39 is 0 Å². The number of benzene rings is 1. The Kier molecular flexibility index (Phi) is 7.01. The maximum absolute atomic E-state index is 12.4. The summed E-state index contributed by atoms with van der Waals surface area (Å²) in [6.07, 6.45) is 4.13. The maximum Gasteiger partial charge on any atom is 0.414 e. The van der Waals surface area contributed by atoms with Crippen molar-refractivity contribution in [3.8, 4) is 5.88 Å². The third-order valence-electron chi connectivity index (χ3n) is 6.05. The lowest BCUT2D eigenvalue weighted by molar-refractivity contribution is -0.113. The Morgan fingerprint density at radius 3 is 3.03 bits per heavy atom. The lowest BCUT2D eigenvalue weighted by Crippen LogP contribution is -2.31. The summed E-state index contributed by atoms with van der Waals surface area (Å²) in [7, 11) is 1.61. The Morgan fingerprint density at radius 2 is 2.14 bits per heavy atom. The third-order valence-corrected chi connectivity index (χ3v) is 7.13. The summed E-state index contributed by atoms with van der Waals surface area (Å²) in [5, 5.41) is 6.27. The van der Waals surface area contributed by atoms with Gasteiger partial charge in [-0.2, -0.15) is 0 Å². The first kappa shape index (κ1) is 23.4. The van der Waals surface area contributed by atoms with Crippen LogP contribution in [-0.2, 0) is 16.0 Å². The van der Waals surface area contributed by atoms with Crippen LogP contribution in [0.2, 0.25) is 0 Å². The van der Waals surface area contributed by atoms with Crippen molar-refractivity contribution in [2.75, 3.05) is 42.7 Å². The number of unbranched alkanes of at least 4 members (excludes halogenated alkanes) is 1. The monoisotopic (exact) mass is 493 g/mol. The van der Waals surface area contributed by atoms with Gasteiger partial charge in [-0.1, -0.05) is 0 Å². The van der Waals surface area contributed by atoms with Crippen LogP contribution < -0.4 is 20.3 Å². The highest BCUT2D eigenvalue weighted by atomic mass is 32.2. The number of rotatable bonds is 9. The van der Waals surface area contributed by atoms with Crippen molar-refractivity contribution in [2.45, 2.75) is 30.3 Å². The van der Waals surface area contributed by atoms with Gasteiger partial charge in [-0.3, -0.25) is 14.7 Å². The first-order valence-corrected chi connectivity index (χ1v) is 12.6. The minimum absolute atomic E-state index is 0.0289. The van der Waals surface area contributed by atoms with Crippen molar-refractivity contribution < 1.29 is 19.1 Å². The molecule has 1 aromatic carbocycles. The van der Waals surface area contributed by atoms with E-state index in [0.29, 0.717) is 24.7 Å². The van der Waals surface area contributed by atoms with E-state index in [9.17, 15) is 9.59 Å². The molecule has 5 rings (SSSR count). The summed E-state index contributed by atoms with van der Waals surface area (Å²) in [4.78, 5) is 35.7. The van der Waals surface area contributed by atoms with Crippen molar-refractivity contribution in [3.63, 3.8) is 0 Å². The summed E-state index contributed by atoms with van der Waals surface area (Å²) in [5.74, 6) is 0.975. The quantitative estimate of drug-likeness (QED) is 0.436. The lowest BCUT2D eigenvalue weighted by atomic mass is 10.1. The summed E-state index contributed by atoms with van der Waals surface area (Å²) < 4.78 is 10.8. The van der Waals surface area contributed by atoms with Gasteiger partial charge in [-0.15, -0.1) is 11.8 Å². The average molecular weight is 494 g/mol. The molecule has 1 fully saturated rings. The fraction of sp³-hybridized carbons (Fsp3) is 0.360. The summed E-state index contributed by atoms with van der Waals surface area (Å²) in [6.45, 7) is 1.90. The first-order chi connectivity index (χ1) is 17.1. The molecule has 35 heavy (non-hydrogen) atoms. The van der Waals surface area contributed by atoms with E-state index >= 15 is 0 Å². The molecule has 0 aliphatic carbocycles. The SMILES string of the molecule is COc1ccc2nccc(CCCCNC[C@@H]3CN(c4ccc5c(c4)NC(=O)CS5)C(=O)O3)c2n1. The Hall–Kier alpha value is -3.37. The zero-order valence-corrected chi connectivity index (χ0v) is 20.3. The molecule has 1 saturated heterocycles. The predicted molar refractivity (Wildman–Crippen MR) is 135 cm³/mol. The largest absolute Gasteiger partial charge is 0.481 e. The fourth-order valence-electron chi connectivity index (χ4n) is 4.28. The van der Waals surface area contributed by atoms with E-state index in [2.05, 4.69) is 20.6 Å². The molecule has 4 heterocycles. The van der Waals surface area contributed by atoms with Crippen LogP contribution in [0.5, 0.6) is 5.88 Å².